The molecule has 0 heterocycles. The topological polar surface area (TPSA) is 56.0 Å². The normalized spacial score (nSPS) is 18.6. The number of hydrogen-bond acceptors (Lipinski definition) is 4. The highest BCUT2D eigenvalue weighted by molar-refractivity contribution is 7.99. The van der Waals surface area contributed by atoms with Crippen LogP contribution in [0, 0.1) is 11.3 Å². The van der Waals surface area contributed by atoms with Crippen LogP contribution in [0.3, 0.4) is 0 Å². The van der Waals surface area contributed by atoms with Crippen LogP contribution in [-0.2, 0) is 0 Å². The maximum Gasteiger partial charge on any atom is 0.106 e. The van der Waals surface area contributed by atoms with Gasteiger partial charge in [-0.25, -0.2) is 0 Å². The first-order valence-corrected chi connectivity index (χ1v) is 7.79. The van der Waals surface area contributed by atoms with E-state index in [0.29, 0.717) is 6.04 Å². The Hall–Kier alpha value is -0.240. The summed E-state index contributed by atoms with van der Waals surface area (Å²) in [6.07, 6.45) is 6.26. The third kappa shape index (κ3) is 5.76. The summed E-state index contributed by atoms with van der Waals surface area (Å²) in [4.78, 5) is 0. The second kappa shape index (κ2) is 7.97. The second-order valence-electron chi connectivity index (χ2n) is 4.76. The molecule has 1 rings (SSSR count). The number of thioether (sulfide) groups is 1. The Kier molecular flexibility index (Phi) is 6.94. The summed E-state index contributed by atoms with van der Waals surface area (Å²) in [5.41, 5.74) is -0.293. The predicted molar refractivity (Wildman–Crippen MR) is 73.1 cm³/mol. The van der Waals surface area contributed by atoms with Gasteiger partial charge in [-0.2, -0.15) is 17.0 Å². The molecule has 1 aliphatic carbocycles. The first kappa shape index (κ1) is 14.8. The van der Waals surface area contributed by atoms with Gasteiger partial charge in [0.25, 0.3) is 0 Å². The fourth-order valence-corrected chi connectivity index (χ4v) is 2.77. The van der Waals surface area contributed by atoms with Crippen LogP contribution >= 0.6 is 11.8 Å². The minimum absolute atomic E-state index is 0.285. The van der Waals surface area contributed by atoms with Crippen LogP contribution in [0.1, 0.15) is 45.4 Å². The summed E-state index contributed by atoms with van der Waals surface area (Å²) >= 11 is 1.88. The summed E-state index contributed by atoms with van der Waals surface area (Å²) < 4.78 is 0. The van der Waals surface area contributed by atoms with Crippen molar-refractivity contribution in [3.8, 4) is 6.07 Å². The van der Waals surface area contributed by atoms with E-state index in [2.05, 4.69) is 18.3 Å². The predicted octanol–water partition coefficient (Wildman–Crippen LogP) is 2.31. The molecule has 98 valence electrons. The van der Waals surface area contributed by atoms with Crippen molar-refractivity contribution in [1.82, 2.24) is 5.32 Å². The van der Waals surface area contributed by atoms with E-state index in [1.165, 1.54) is 12.8 Å². The first-order chi connectivity index (χ1) is 8.26. The van der Waals surface area contributed by atoms with Gasteiger partial charge in [-0.1, -0.05) is 6.92 Å². The van der Waals surface area contributed by atoms with E-state index in [4.69, 9.17) is 5.11 Å². The van der Waals surface area contributed by atoms with Gasteiger partial charge in [0.05, 0.1) is 6.07 Å². The molecule has 0 aromatic rings. The molecule has 1 aliphatic rings. The first-order valence-electron chi connectivity index (χ1n) is 6.64. The second-order valence-corrected chi connectivity index (χ2v) is 5.98. The van der Waals surface area contributed by atoms with Crippen molar-refractivity contribution >= 4 is 11.8 Å². The van der Waals surface area contributed by atoms with E-state index in [-0.39, 0.29) is 12.1 Å². The summed E-state index contributed by atoms with van der Waals surface area (Å²) in [5.74, 6) is 2.12. The quantitative estimate of drug-likeness (QED) is 0.589. The summed E-state index contributed by atoms with van der Waals surface area (Å²) in [7, 11) is 0. The molecule has 1 fully saturated rings. The lowest BCUT2D eigenvalue weighted by molar-refractivity contribution is 0.296. The number of nitrogens with zero attached hydrogens (tertiary/aromatic N) is 1. The zero-order chi connectivity index (χ0) is 12.6. The third-order valence-corrected chi connectivity index (χ3v) is 4.37. The number of hydrogen-bond donors (Lipinski definition) is 2. The molecule has 17 heavy (non-hydrogen) atoms. The highest BCUT2D eigenvalue weighted by atomic mass is 32.2. The lowest BCUT2D eigenvalue weighted by Crippen LogP contribution is -2.44. The average Bonchev–Trinajstić information content (AvgIpc) is 3.16. The zero-order valence-corrected chi connectivity index (χ0v) is 11.6. The molecule has 0 aromatic carbocycles. The van der Waals surface area contributed by atoms with Gasteiger partial charge in [-0.3, -0.25) is 5.32 Å². The lowest BCUT2D eigenvalue weighted by Gasteiger charge is -2.26. The van der Waals surface area contributed by atoms with E-state index in [9.17, 15) is 5.26 Å². The fraction of sp³-hybridized carbons (Fsp3) is 0.923. The zero-order valence-electron chi connectivity index (χ0n) is 10.7. The van der Waals surface area contributed by atoms with Crippen molar-refractivity contribution in [2.45, 2.75) is 57.0 Å². The largest absolute Gasteiger partial charge is 0.396 e. The fourth-order valence-electron chi connectivity index (χ4n) is 1.88. The lowest BCUT2D eigenvalue weighted by atomic mass is 9.92. The maximum absolute atomic E-state index is 9.34. The van der Waals surface area contributed by atoms with E-state index >= 15 is 0 Å². The number of nitrogens with one attached hydrogen (secondary N) is 1. The number of nitriles is 1. The van der Waals surface area contributed by atoms with E-state index in [1.807, 2.05) is 11.8 Å². The van der Waals surface area contributed by atoms with Crippen molar-refractivity contribution in [2.24, 2.45) is 0 Å². The number of aliphatic hydroxyl groups is 1. The summed E-state index contributed by atoms with van der Waals surface area (Å²) in [6.45, 7) is 2.38. The molecule has 1 atom stereocenters. The molecule has 4 heteroatoms. The van der Waals surface area contributed by atoms with Gasteiger partial charge in [0, 0.05) is 12.6 Å². The molecule has 0 saturated heterocycles. The minimum atomic E-state index is -0.293. The van der Waals surface area contributed by atoms with Crippen LogP contribution < -0.4 is 5.32 Å². The van der Waals surface area contributed by atoms with Gasteiger partial charge in [0.15, 0.2) is 0 Å². The Labute approximate surface area is 109 Å². The van der Waals surface area contributed by atoms with Gasteiger partial charge in [-0.05, 0) is 50.0 Å². The standard InChI is InChI=1S/C13H24N2OS/c1-2-13(11-14,15-12-5-6-12)7-3-9-17-10-4-8-16/h12,15-16H,2-10H2,1H3. The van der Waals surface area contributed by atoms with Gasteiger partial charge >= 0.3 is 0 Å². The smallest absolute Gasteiger partial charge is 0.106 e. The van der Waals surface area contributed by atoms with Crippen molar-refractivity contribution in [3.63, 3.8) is 0 Å². The van der Waals surface area contributed by atoms with Crippen LogP contribution in [-0.4, -0.2) is 34.8 Å². The molecular formula is C13H24N2OS. The van der Waals surface area contributed by atoms with Crippen LogP contribution in [0.15, 0.2) is 0 Å². The SMILES string of the molecule is CCC(C#N)(CCCSCCCO)NC1CC1. The van der Waals surface area contributed by atoms with Gasteiger partial charge < -0.3 is 5.11 Å². The molecule has 0 aliphatic heterocycles. The van der Waals surface area contributed by atoms with Crippen LogP contribution in [0.25, 0.3) is 0 Å². The molecule has 2 N–H and O–H groups in total. The van der Waals surface area contributed by atoms with Gasteiger partial charge in [0.1, 0.15) is 5.54 Å². The molecule has 0 radical (unpaired) electrons. The maximum atomic E-state index is 9.34. The third-order valence-electron chi connectivity index (χ3n) is 3.21. The van der Waals surface area contributed by atoms with Crippen molar-refractivity contribution in [1.29, 1.82) is 5.26 Å². The van der Waals surface area contributed by atoms with Crippen molar-refractivity contribution in [2.75, 3.05) is 18.1 Å². The average molecular weight is 256 g/mol. The Balaban J connectivity index is 2.17. The molecular weight excluding hydrogens is 232 g/mol. The van der Waals surface area contributed by atoms with Crippen LogP contribution in [0.2, 0.25) is 0 Å². The molecule has 1 unspecified atom stereocenters. The van der Waals surface area contributed by atoms with E-state index in [0.717, 1.165) is 37.2 Å². The molecule has 0 aromatic heterocycles. The molecule has 0 bridgehead atoms. The monoisotopic (exact) mass is 256 g/mol. The Morgan fingerprint density at radius 1 is 1.41 bits per heavy atom. The molecule has 1 saturated carbocycles. The Morgan fingerprint density at radius 3 is 2.65 bits per heavy atom. The Morgan fingerprint density at radius 2 is 2.12 bits per heavy atom. The minimum Gasteiger partial charge on any atom is -0.396 e. The van der Waals surface area contributed by atoms with Crippen LogP contribution in [0.4, 0.5) is 0 Å². The van der Waals surface area contributed by atoms with Crippen molar-refractivity contribution < 1.29 is 5.11 Å². The van der Waals surface area contributed by atoms with Gasteiger partial charge in [0.2, 0.25) is 0 Å². The highest BCUT2D eigenvalue weighted by Gasteiger charge is 2.34. The van der Waals surface area contributed by atoms with Gasteiger partial charge in [-0.15, -0.1) is 0 Å². The molecule has 0 spiro atoms. The van der Waals surface area contributed by atoms with Crippen molar-refractivity contribution in [3.05, 3.63) is 0 Å². The van der Waals surface area contributed by atoms with E-state index in [1.54, 1.807) is 0 Å². The molecule has 3 nitrogen and oxygen atoms in total. The summed E-state index contributed by atoms with van der Waals surface area (Å²) in [5, 5.41) is 21.5. The van der Waals surface area contributed by atoms with E-state index < -0.39 is 0 Å². The number of rotatable bonds is 10. The highest BCUT2D eigenvalue weighted by Crippen LogP contribution is 2.27. The number of aliphatic hydroxyl groups excluding tert-OH is 1. The Bertz CT molecular complexity index is 250. The molecule has 0 amide bonds. The summed E-state index contributed by atoms with van der Waals surface area (Å²) in [6, 6.07) is 3.07. The van der Waals surface area contributed by atoms with Crippen LogP contribution in [0.5, 0.6) is 0 Å².